The molecule has 0 N–H and O–H groups in total. The van der Waals surface area contributed by atoms with Gasteiger partial charge in [-0.15, -0.1) is 0 Å². The molecule has 1 aliphatic rings. The second kappa shape index (κ2) is 5.68. The molecular weight excluding hydrogens is 178 g/mol. The number of rotatable bonds is 4. The summed E-state index contributed by atoms with van der Waals surface area (Å²) in [5.74, 6) is -0.175. The molecule has 0 fully saturated rings. The molecule has 0 amide bonds. The molecule has 80 valence electrons. The van der Waals surface area contributed by atoms with E-state index in [0.717, 1.165) is 31.5 Å². The number of carbonyl (C=O) groups is 1. The zero-order chi connectivity index (χ0) is 10.4. The summed E-state index contributed by atoms with van der Waals surface area (Å²) in [7, 11) is 1.44. The maximum Gasteiger partial charge on any atom is 0.335 e. The number of nitrogens with zero attached hydrogens (tertiary/aromatic N) is 1. The molecule has 0 aliphatic carbocycles. The van der Waals surface area contributed by atoms with Gasteiger partial charge in [0.05, 0.1) is 12.7 Å². The minimum Gasteiger partial charge on any atom is -0.466 e. The van der Waals surface area contributed by atoms with Gasteiger partial charge in [-0.3, -0.25) is 0 Å². The SMILES string of the molecule is CCCCN1C=C(C(=O)OC)CCC1. The first kappa shape index (κ1) is 11.1. The third kappa shape index (κ3) is 3.05. The van der Waals surface area contributed by atoms with Crippen molar-refractivity contribution in [2.24, 2.45) is 0 Å². The number of hydrogen-bond donors (Lipinski definition) is 0. The van der Waals surface area contributed by atoms with E-state index in [-0.39, 0.29) is 5.97 Å². The van der Waals surface area contributed by atoms with E-state index in [0.29, 0.717) is 0 Å². The summed E-state index contributed by atoms with van der Waals surface area (Å²) < 4.78 is 4.71. The highest BCUT2D eigenvalue weighted by atomic mass is 16.5. The summed E-state index contributed by atoms with van der Waals surface area (Å²) in [4.78, 5) is 13.5. The summed E-state index contributed by atoms with van der Waals surface area (Å²) in [5, 5.41) is 0. The van der Waals surface area contributed by atoms with Crippen molar-refractivity contribution in [2.75, 3.05) is 20.2 Å². The summed E-state index contributed by atoms with van der Waals surface area (Å²) in [6.07, 6.45) is 6.26. The lowest BCUT2D eigenvalue weighted by molar-refractivity contribution is -0.136. The molecule has 0 aromatic heterocycles. The van der Waals surface area contributed by atoms with Gasteiger partial charge in [0.1, 0.15) is 0 Å². The molecular formula is C11H19NO2. The van der Waals surface area contributed by atoms with Crippen molar-refractivity contribution in [3.05, 3.63) is 11.8 Å². The van der Waals surface area contributed by atoms with Gasteiger partial charge in [0.25, 0.3) is 0 Å². The number of ether oxygens (including phenoxy) is 1. The van der Waals surface area contributed by atoms with Gasteiger partial charge in [-0.2, -0.15) is 0 Å². The van der Waals surface area contributed by atoms with Gasteiger partial charge in [-0.1, -0.05) is 13.3 Å². The van der Waals surface area contributed by atoms with Gasteiger partial charge in [0.2, 0.25) is 0 Å². The molecule has 14 heavy (non-hydrogen) atoms. The van der Waals surface area contributed by atoms with E-state index in [1.807, 2.05) is 6.20 Å². The standard InChI is InChI=1S/C11H19NO2/c1-3-4-7-12-8-5-6-10(9-12)11(13)14-2/h9H,3-8H2,1-2H3. The molecule has 3 nitrogen and oxygen atoms in total. The van der Waals surface area contributed by atoms with Crippen LogP contribution in [0.4, 0.5) is 0 Å². The van der Waals surface area contributed by atoms with Crippen LogP contribution in [0.25, 0.3) is 0 Å². The number of hydrogen-bond acceptors (Lipinski definition) is 3. The average Bonchev–Trinajstić information content (AvgIpc) is 2.25. The van der Waals surface area contributed by atoms with Gasteiger partial charge < -0.3 is 9.64 Å². The minimum atomic E-state index is -0.175. The first-order valence-electron chi connectivity index (χ1n) is 5.31. The lowest BCUT2D eigenvalue weighted by atomic mass is 10.1. The smallest absolute Gasteiger partial charge is 0.335 e. The predicted octanol–water partition coefficient (Wildman–Crippen LogP) is 1.94. The molecule has 1 aliphatic heterocycles. The molecule has 1 heterocycles. The molecule has 0 bridgehead atoms. The molecule has 1 rings (SSSR count). The van der Waals surface area contributed by atoms with Crippen molar-refractivity contribution in [2.45, 2.75) is 32.6 Å². The molecule has 0 saturated carbocycles. The third-order valence-electron chi connectivity index (χ3n) is 2.48. The second-order valence-corrected chi connectivity index (χ2v) is 3.64. The summed E-state index contributed by atoms with van der Waals surface area (Å²) in [6.45, 7) is 4.30. The zero-order valence-corrected chi connectivity index (χ0v) is 9.08. The predicted molar refractivity (Wildman–Crippen MR) is 55.8 cm³/mol. The zero-order valence-electron chi connectivity index (χ0n) is 9.08. The first-order valence-corrected chi connectivity index (χ1v) is 5.31. The molecule has 0 radical (unpaired) electrons. The van der Waals surface area contributed by atoms with Crippen molar-refractivity contribution >= 4 is 5.97 Å². The maximum absolute atomic E-state index is 11.3. The van der Waals surface area contributed by atoms with Crippen LogP contribution in [-0.2, 0) is 9.53 Å². The van der Waals surface area contributed by atoms with E-state index in [4.69, 9.17) is 4.74 Å². The minimum absolute atomic E-state index is 0.175. The van der Waals surface area contributed by atoms with Crippen molar-refractivity contribution in [1.29, 1.82) is 0 Å². The Balaban J connectivity index is 2.50. The Bertz CT molecular complexity index is 223. The lowest BCUT2D eigenvalue weighted by Gasteiger charge is -2.25. The largest absolute Gasteiger partial charge is 0.466 e. The molecule has 0 spiro atoms. The Morgan fingerprint density at radius 2 is 2.43 bits per heavy atom. The van der Waals surface area contributed by atoms with E-state index < -0.39 is 0 Å². The Morgan fingerprint density at radius 3 is 3.07 bits per heavy atom. The van der Waals surface area contributed by atoms with Gasteiger partial charge in [0.15, 0.2) is 0 Å². The van der Waals surface area contributed by atoms with Crippen LogP contribution in [0, 0.1) is 0 Å². The summed E-state index contributed by atoms with van der Waals surface area (Å²) >= 11 is 0. The summed E-state index contributed by atoms with van der Waals surface area (Å²) in [6, 6.07) is 0. The van der Waals surface area contributed by atoms with E-state index in [1.165, 1.54) is 20.0 Å². The molecule has 0 saturated heterocycles. The fourth-order valence-corrected chi connectivity index (χ4v) is 1.65. The van der Waals surface area contributed by atoms with Gasteiger partial charge in [-0.25, -0.2) is 4.79 Å². The van der Waals surface area contributed by atoms with Crippen LogP contribution < -0.4 is 0 Å². The van der Waals surface area contributed by atoms with Crippen LogP contribution in [0.2, 0.25) is 0 Å². The van der Waals surface area contributed by atoms with E-state index in [9.17, 15) is 4.79 Å². The van der Waals surface area contributed by atoms with Crippen molar-refractivity contribution in [1.82, 2.24) is 4.90 Å². The lowest BCUT2D eigenvalue weighted by Crippen LogP contribution is -2.26. The van der Waals surface area contributed by atoms with Crippen LogP contribution in [0.1, 0.15) is 32.6 Å². The number of unbranched alkanes of at least 4 members (excludes halogenated alkanes) is 1. The maximum atomic E-state index is 11.3. The highest BCUT2D eigenvalue weighted by Gasteiger charge is 2.15. The summed E-state index contributed by atoms with van der Waals surface area (Å²) in [5.41, 5.74) is 0.815. The Kier molecular flexibility index (Phi) is 4.50. The topological polar surface area (TPSA) is 29.5 Å². The number of carbonyl (C=O) groups excluding carboxylic acids is 1. The first-order chi connectivity index (χ1) is 6.77. The highest BCUT2D eigenvalue weighted by Crippen LogP contribution is 2.16. The van der Waals surface area contributed by atoms with Crippen LogP contribution in [0.5, 0.6) is 0 Å². The van der Waals surface area contributed by atoms with Gasteiger partial charge in [-0.05, 0) is 19.3 Å². The van der Waals surface area contributed by atoms with Crippen LogP contribution >= 0.6 is 0 Å². The van der Waals surface area contributed by atoms with E-state index in [2.05, 4.69) is 11.8 Å². The number of esters is 1. The highest BCUT2D eigenvalue weighted by molar-refractivity contribution is 5.88. The second-order valence-electron chi connectivity index (χ2n) is 3.64. The Hall–Kier alpha value is -0.990. The van der Waals surface area contributed by atoms with Crippen LogP contribution in [-0.4, -0.2) is 31.1 Å². The van der Waals surface area contributed by atoms with E-state index >= 15 is 0 Å². The molecule has 0 aromatic rings. The average molecular weight is 197 g/mol. The third-order valence-corrected chi connectivity index (χ3v) is 2.48. The van der Waals surface area contributed by atoms with Crippen molar-refractivity contribution < 1.29 is 9.53 Å². The van der Waals surface area contributed by atoms with Crippen LogP contribution in [0.3, 0.4) is 0 Å². The van der Waals surface area contributed by atoms with Gasteiger partial charge in [0, 0.05) is 19.3 Å². The molecule has 0 aromatic carbocycles. The van der Waals surface area contributed by atoms with Crippen LogP contribution in [0.15, 0.2) is 11.8 Å². The molecule has 0 atom stereocenters. The fourth-order valence-electron chi connectivity index (χ4n) is 1.65. The van der Waals surface area contributed by atoms with Crippen molar-refractivity contribution in [3.63, 3.8) is 0 Å². The van der Waals surface area contributed by atoms with Crippen molar-refractivity contribution in [3.8, 4) is 0 Å². The quantitative estimate of drug-likeness (QED) is 0.645. The molecule has 3 heteroatoms. The Morgan fingerprint density at radius 1 is 1.64 bits per heavy atom. The Labute approximate surface area is 85.7 Å². The molecule has 0 unspecified atom stereocenters. The fraction of sp³-hybridized carbons (Fsp3) is 0.727. The van der Waals surface area contributed by atoms with E-state index in [1.54, 1.807) is 0 Å². The number of methoxy groups -OCH3 is 1. The normalized spacial score (nSPS) is 16.4. The van der Waals surface area contributed by atoms with Gasteiger partial charge >= 0.3 is 5.97 Å². The monoisotopic (exact) mass is 197 g/mol.